The summed E-state index contributed by atoms with van der Waals surface area (Å²) in [7, 11) is 0. The SMILES string of the molecule is CCOC(=O)c1coc(NCC(O)CO)n1. The van der Waals surface area contributed by atoms with Crippen molar-refractivity contribution in [2.45, 2.75) is 13.0 Å². The number of hydrogen-bond donors (Lipinski definition) is 3. The fourth-order valence-electron chi connectivity index (χ4n) is 0.923. The summed E-state index contributed by atoms with van der Waals surface area (Å²) >= 11 is 0. The molecule has 0 fully saturated rings. The van der Waals surface area contributed by atoms with Gasteiger partial charge in [-0.3, -0.25) is 0 Å². The summed E-state index contributed by atoms with van der Waals surface area (Å²) in [6.07, 6.45) is 0.254. The van der Waals surface area contributed by atoms with Crippen LogP contribution < -0.4 is 5.32 Å². The van der Waals surface area contributed by atoms with E-state index < -0.39 is 12.1 Å². The number of rotatable bonds is 6. The van der Waals surface area contributed by atoms with Gasteiger partial charge in [-0.05, 0) is 6.92 Å². The fraction of sp³-hybridized carbons (Fsp3) is 0.556. The average Bonchev–Trinajstić information content (AvgIpc) is 2.75. The first kappa shape index (κ1) is 12.5. The minimum absolute atomic E-state index is 0.0582. The quantitative estimate of drug-likeness (QED) is 0.572. The van der Waals surface area contributed by atoms with Crippen LogP contribution in [0.4, 0.5) is 6.01 Å². The Kier molecular flexibility index (Phi) is 4.74. The van der Waals surface area contributed by atoms with E-state index in [1.54, 1.807) is 6.92 Å². The molecule has 0 saturated carbocycles. The van der Waals surface area contributed by atoms with Crippen LogP contribution >= 0.6 is 0 Å². The number of hydrogen-bond acceptors (Lipinski definition) is 7. The van der Waals surface area contributed by atoms with E-state index in [1.807, 2.05) is 0 Å². The number of oxazole rings is 1. The van der Waals surface area contributed by atoms with Gasteiger partial charge in [0.25, 0.3) is 6.01 Å². The Hall–Kier alpha value is -1.60. The number of aromatic nitrogens is 1. The van der Waals surface area contributed by atoms with Crippen LogP contribution in [-0.4, -0.2) is 47.0 Å². The van der Waals surface area contributed by atoms with Crippen LogP contribution in [0.1, 0.15) is 17.4 Å². The van der Waals surface area contributed by atoms with E-state index in [9.17, 15) is 4.79 Å². The van der Waals surface area contributed by atoms with Crippen molar-refractivity contribution >= 4 is 12.0 Å². The number of nitrogens with one attached hydrogen (secondary N) is 1. The van der Waals surface area contributed by atoms with Crippen molar-refractivity contribution in [2.75, 3.05) is 25.1 Å². The standard InChI is InChI=1S/C9H14N2O5/c1-2-15-8(14)7-5-16-9(11-7)10-3-6(13)4-12/h5-6,12-13H,2-4H2,1H3,(H,10,11). The topological polar surface area (TPSA) is 105 Å². The molecule has 1 unspecified atom stereocenters. The van der Waals surface area contributed by atoms with Crippen LogP contribution in [0.2, 0.25) is 0 Å². The van der Waals surface area contributed by atoms with Gasteiger partial charge in [0.15, 0.2) is 5.69 Å². The minimum atomic E-state index is -0.905. The molecule has 0 radical (unpaired) electrons. The summed E-state index contributed by atoms with van der Waals surface area (Å²) < 4.78 is 9.62. The zero-order valence-electron chi connectivity index (χ0n) is 8.84. The maximum absolute atomic E-state index is 11.2. The van der Waals surface area contributed by atoms with Gasteiger partial charge in [-0.15, -0.1) is 0 Å². The zero-order valence-corrected chi connectivity index (χ0v) is 8.84. The number of nitrogens with zero attached hydrogens (tertiary/aromatic N) is 1. The van der Waals surface area contributed by atoms with Gasteiger partial charge in [-0.25, -0.2) is 4.79 Å². The van der Waals surface area contributed by atoms with Crippen LogP contribution in [-0.2, 0) is 4.74 Å². The third kappa shape index (κ3) is 3.52. The zero-order chi connectivity index (χ0) is 12.0. The van der Waals surface area contributed by atoms with E-state index in [0.717, 1.165) is 6.26 Å². The maximum atomic E-state index is 11.2. The highest BCUT2D eigenvalue weighted by molar-refractivity contribution is 5.87. The molecule has 0 saturated heterocycles. The van der Waals surface area contributed by atoms with Crippen molar-refractivity contribution in [2.24, 2.45) is 0 Å². The van der Waals surface area contributed by atoms with Gasteiger partial charge in [-0.1, -0.05) is 0 Å². The molecule has 1 heterocycles. The molecule has 1 atom stereocenters. The normalized spacial score (nSPS) is 12.2. The largest absolute Gasteiger partial charge is 0.461 e. The molecule has 3 N–H and O–H groups in total. The molecule has 0 bridgehead atoms. The lowest BCUT2D eigenvalue weighted by Gasteiger charge is -2.05. The summed E-state index contributed by atoms with van der Waals surface area (Å²) in [6, 6.07) is 0.0931. The first-order chi connectivity index (χ1) is 7.67. The van der Waals surface area contributed by atoms with Gasteiger partial charge in [-0.2, -0.15) is 4.98 Å². The second-order valence-electron chi connectivity index (χ2n) is 2.98. The second-order valence-corrected chi connectivity index (χ2v) is 2.98. The summed E-state index contributed by atoms with van der Waals surface area (Å²) in [5.74, 6) is -0.568. The van der Waals surface area contributed by atoms with Crippen molar-refractivity contribution in [3.8, 4) is 0 Å². The Bertz CT molecular complexity index is 338. The summed E-state index contributed by atoms with van der Waals surface area (Å²) in [6.45, 7) is 1.67. The highest BCUT2D eigenvalue weighted by atomic mass is 16.5. The van der Waals surface area contributed by atoms with Gasteiger partial charge in [0.1, 0.15) is 6.26 Å². The molecule has 90 valence electrons. The molecule has 7 heteroatoms. The number of anilines is 1. The first-order valence-corrected chi connectivity index (χ1v) is 4.82. The number of aliphatic hydroxyl groups is 2. The van der Waals surface area contributed by atoms with Crippen molar-refractivity contribution in [1.82, 2.24) is 4.98 Å². The van der Waals surface area contributed by atoms with E-state index >= 15 is 0 Å². The van der Waals surface area contributed by atoms with Gasteiger partial charge < -0.3 is 24.7 Å². The maximum Gasteiger partial charge on any atom is 0.360 e. The Morgan fingerprint density at radius 2 is 2.50 bits per heavy atom. The van der Waals surface area contributed by atoms with Crippen LogP contribution in [0.25, 0.3) is 0 Å². The number of carbonyl (C=O) groups is 1. The van der Waals surface area contributed by atoms with Gasteiger partial charge in [0, 0.05) is 6.54 Å². The number of carbonyl (C=O) groups excluding carboxylic acids is 1. The van der Waals surface area contributed by atoms with E-state index in [1.165, 1.54) is 0 Å². The molecule has 0 aliphatic heterocycles. The number of aliphatic hydroxyl groups excluding tert-OH is 2. The molecule has 0 amide bonds. The molecule has 0 aliphatic rings. The van der Waals surface area contributed by atoms with E-state index in [-0.39, 0.29) is 31.5 Å². The third-order valence-corrected chi connectivity index (χ3v) is 1.69. The molecule has 1 aromatic heterocycles. The molecule has 1 rings (SSSR count). The second kappa shape index (κ2) is 6.09. The first-order valence-electron chi connectivity index (χ1n) is 4.82. The fourth-order valence-corrected chi connectivity index (χ4v) is 0.923. The van der Waals surface area contributed by atoms with E-state index in [4.69, 9.17) is 19.4 Å². The van der Waals surface area contributed by atoms with E-state index in [0.29, 0.717) is 0 Å². The van der Waals surface area contributed by atoms with Crippen molar-refractivity contribution in [3.05, 3.63) is 12.0 Å². The third-order valence-electron chi connectivity index (χ3n) is 1.69. The Morgan fingerprint density at radius 3 is 3.12 bits per heavy atom. The molecule has 7 nitrogen and oxygen atoms in total. The molecule has 16 heavy (non-hydrogen) atoms. The Labute approximate surface area is 92.0 Å². The summed E-state index contributed by atoms with van der Waals surface area (Å²) in [5.41, 5.74) is 0.0582. The Morgan fingerprint density at radius 1 is 1.75 bits per heavy atom. The van der Waals surface area contributed by atoms with Crippen LogP contribution in [0.15, 0.2) is 10.7 Å². The minimum Gasteiger partial charge on any atom is -0.461 e. The average molecular weight is 230 g/mol. The van der Waals surface area contributed by atoms with Crippen molar-refractivity contribution in [3.63, 3.8) is 0 Å². The monoisotopic (exact) mass is 230 g/mol. The molecule has 0 aliphatic carbocycles. The van der Waals surface area contributed by atoms with Gasteiger partial charge in [0.05, 0.1) is 19.3 Å². The molecule has 1 aromatic rings. The molecular formula is C9H14N2O5. The van der Waals surface area contributed by atoms with Crippen LogP contribution in [0.5, 0.6) is 0 Å². The van der Waals surface area contributed by atoms with Crippen molar-refractivity contribution < 1.29 is 24.2 Å². The molecule has 0 aromatic carbocycles. The van der Waals surface area contributed by atoms with Crippen LogP contribution in [0, 0.1) is 0 Å². The predicted octanol–water partition coefficient (Wildman–Crippen LogP) is -0.384. The summed E-state index contributed by atoms with van der Waals surface area (Å²) in [5, 5.41) is 20.2. The summed E-state index contributed by atoms with van der Waals surface area (Å²) in [4.78, 5) is 15.0. The van der Waals surface area contributed by atoms with Gasteiger partial charge >= 0.3 is 5.97 Å². The lowest BCUT2D eigenvalue weighted by Crippen LogP contribution is -2.23. The highest BCUT2D eigenvalue weighted by Gasteiger charge is 2.13. The van der Waals surface area contributed by atoms with E-state index in [2.05, 4.69) is 10.3 Å². The predicted molar refractivity (Wildman–Crippen MR) is 54.0 cm³/mol. The molecule has 0 spiro atoms. The Balaban J connectivity index is 2.48. The van der Waals surface area contributed by atoms with Crippen LogP contribution in [0.3, 0.4) is 0 Å². The lowest BCUT2D eigenvalue weighted by molar-refractivity contribution is 0.0519. The van der Waals surface area contributed by atoms with Crippen molar-refractivity contribution in [1.29, 1.82) is 0 Å². The highest BCUT2D eigenvalue weighted by Crippen LogP contribution is 2.08. The number of esters is 1. The molecular weight excluding hydrogens is 216 g/mol. The smallest absolute Gasteiger partial charge is 0.360 e. The number of ether oxygens (including phenoxy) is 1. The lowest BCUT2D eigenvalue weighted by atomic mass is 10.4. The van der Waals surface area contributed by atoms with Gasteiger partial charge in [0.2, 0.25) is 0 Å².